The predicted octanol–water partition coefficient (Wildman–Crippen LogP) is 3.27. The lowest BCUT2D eigenvalue weighted by Gasteiger charge is -2.20. The molecule has 0 aliphatic carbocycles. The molecule has 2 aromatic rings. The third-order valence-corrected chi connectivity index (χ3v) is 3.98. The monoisotopic (exact) mass is 314 g/mol. The van der Waals surface area contributed by atoms with Crippen molar-refractivity contribution in [1.29, 1.82) is 0 Å². The second-order valence-electron chi connectivity index (χ2n) is 6.02. The maximum atomic E-state index is 12.5. The zero-order chi connectivity index (χ0) is 16.4. The van der Waals surface area contributed by atoms with E-state index < -0.39 is 0 Å². The van der Waals surface area contributed by atoms with E-state index in [1.807, 2.05) is 29.7 Å². The van der Waals surface area contributed by atoms with Crippen LogP contribution in [0.3, 0.4) is 0 Å². The highest BCUT2D eigenvalue weighted by atomic mass is 16.5. The van der Waals surface area contributed by atoms with Crippen molar-refractivity contribution >= 4 is 17.2 Å². The van der Waals surface area contributed by atoms with Gasteiger partial charge >= 0.3 is 0 Å². The molecule has 1 aliphatic rings. The molecule has 6 nitrogen and oxygen atoms in total. The van der Waals surface area contributed by atoms with E-state index in [1.165, 1.54) is 0 Å². The van der Waals surface area contributed by atoms with Gasteiger partial charge in [-0.2, -0.15) is 0 Å². The predicted molar refractivity (Wildman–Crippen MR) is 88.2 cm³/mol. The first-order valence-corrected chi connectivity index (χ1v) is 8.11. The van der Waals surface area contributed by atoms with Crippen LogP contribution < -0.4 is 5.32 Å². The maximum Gasteiger partial charge on any atom is 0.255 e. The van der Waals surface area contributed by atoms with Crippen LogP contribution in [-0.2, 0) is 9.53 Å². The van der Waals surface area contributed by atoms with E-state index in [-0.39, 0.29) is 11.8 Å². The topological polar surface area (TPSA) is 68.5 Å². The van der Waals surface area contributed by atoms with Crippen molar-refractivity contribution in [1.82, 2.24) is 14.6 Å². The van der Waals surface area contributed by atoms with E-state index >= 15 is 0 Å². The number of anilines is 1. The molecule has 3 heterocycles. The number of allylic oxidation sites excluding steroid dienone is 1. The molecule has 1 amide bonds. The van der Waals surface area contributed by atoms with Gasteiger partial charge in [-0.25, -0.2) is 0 Å². The molecule has 1 aliphatic heterocycles. The van der Waals surface area contributed by atoms with Crippen molar-refractivity contribution in [3.63, 3.8) is 0 Å². The first-order valence-electron chi connectivity index (χ1n) is 8.11. The van der Waals surface area contributed by atoms with Gasteiger partial charge in [0.2, 0.25) is 0 Å². The molecular formula is C17H22N4O2. The minimum Gasteiger partial charge on any atom is -0.497 e. The average molecular weight is 314 g/mol. The van der Waals surface area contributed by atoms with Gasteiger partial charge in [-0.1, -0.05) is 20.8 Å². The number of nitrogens with one attached hydrogen (secondary N) is 1. The molecule has 122 valence electrons. The molecule has 0 radical (unpaired) electrons. The Bertz CT molecular complexity index is 761. The first kappa shape index (κ1) is 15.5. The van der Waals surface area contributed by atoms with E-state index in [2.05, 4.69) is 29.4 Å². The number of pyridine rings is 1. The molecule has 0 bridgehead atoms. The summed E-state index contributed by atoms with van der Waals surface area (Å²) in [4.78, 5) is 12.5. The average Bonchev–Trinajstić information content (AvgIpc) is 2.98. The van der Waals surface area contributed by atoms with Crippen molar-refractivity contribution in [2.75, 3.05) is 11.9 Å². The van der Waals surface area contributed by atoms with Crippen molar-refractivity contribution in [3.8, 4) is 0 Å². The molecule has 0 unspecified atom stereocenters. The fourth-order valence-electron chi connectivity index (χ4n) is 2.81. The van der Waals surface area contributed by atoms with Crippen molar-refractivity contribution in [2.45, 2.75) is 46.0 Å². The SMILES string of the molecule is CCC1=C(C(=O)Nc2ccc3nnc(C(C)C)n3c2)CCCO1. The zero-order valence-electron chi connectivity index (χ0n) is 13.8. The van der Waals surface area contributed by atoms with E-state index in [4.69, 9.17) is 4.74 Å². The van der Waals surface area contributed by atoms with Gasteiger partial charge < -0.3 is 10.1 Å². The third kappa shape index (κ3) is 3.06. The lowest BCUT2D eigenvalue weighted by atomic mass is 10.0. The molecule has 1 N–H and O–H groups in total. The summed E-state index contributed by atoms with van der Waals surface area (Å²) in [5.41, 5.74) is 2.27. The normalized spacial score (nSPS) is 15.1. The third-order valence-electron chi connectivity index (χ3n) is 3.98. The molecule has 0 fully saturated rings. The Balaban J connectivity index is 1.87. The second-order valence-corrected chi connectivity index (χ2v) is 6.02. The lowest BCUT2D eigenvalue weighted by Crippen LogP contribution is -2.20. The van der Waals surface area contributed by atoms with Gasteiger partial charge in [-0.05, 0) is 25.0 Å². The highest BCUT2D eigenvalue weighted by molar-refractivity contribution is 6.04. The van der Waals surface area contributed by atoms with E-state index in [1.54, 1.807) is 0 Å². The van der Waals surface area contributed by atoms with Gasteiger partial charge in [0.1, 0.15) is 11.6 Å². The summed E-state index contributed by atoms with van der Waals surface area (Å²) in [5, 5.41) is 11.3. The van der Waals surface area contributed by atoms with Crippen LogP contribution in [0.25, 0.3) is 5.65 Å². The highest BCUT2D eigenvalue weighted by Gasteiger charge is 2.20. The molecule has 23 heavy (non-hydrogen) atoms. The van der Waals surface area contributed by atoms with Crippen molar-refractivity contribution < 1.29 is 9.53 Å². The van der Waals surface area contributed by atoms with Crippen LogP contribution in [0.2, 0.25) is 0 Å². The number of carbonyl (C=O) groups excluding carboxylic acids is 1. The lowest BCUT2D eigenvalue weighted by molar-refractivity contribution is -0.113. The number of ether oxygens (including phenoxy) is 1. The minimum absolute atomic E-state index is 0.0833. The maximum absolute atomic E-state index is 12.5. The quantitative estimate of drug-likeness (QED) is 0.940. The fraction of sp³-hybridized carbons (Fsp3) is 0.471. The van der Waals surface area contributed by atoms with Crippen LogP contribution in [0.15, 0.2) is 29.7 Å². The Hall–Kier alpha value is -2.37. The first-order chi connectivity index (χ1) is 11.1. The molecule has 0 spiro atoms. The van der Waals surface area contributed by atoms with Gasteiger partial charge in [-0.15, -0.1) is 10.2 Å². The summed E-state index contributed by atoms with van der Waals surface area (Å²) >= 11 is 0. The summed E-state index contributed by atoms with van der Waals surface area (Å²) in [5.74, 6) is 1.87. The Kier molecular flexibility index (Phi) is 4.32. The fourth-order valence-corrected chi connectivity index (χ4v) is 2.81. The summed E-state index contributed by atoms with van der Waals surface area (Å²) in [7, 11) is 0. The minimum atomic E-state index is -0.0833. The van der Waals surface area contributed by atoms with Crippen LogP contribution in [0.5, 0.6) is 0 Å². The number of carbonyl (C=O) groups is 1. The summed E-state index contributed by atoms with van der Waals surface area (Å²) in [6.45, 7) is 6.84. The molecule has 0 saturated carbocycles. The van der Waals surface area contributed by atoms with Gasteiger partial charge in [0.15, 0.2) is 5.65 Å². The van der Waals surface area contributed by atoms with E-state index in [9.17, 15) is 4.79 Å². The standard InChI is InChI=1S/C17H22N4O2/c1-4-14-13(6-5-9-23-14)17(22)18-12-7-8-15-19-20-16(11(2)3)21(15)10-12/h7-8,10-11H,4-6,9H2,1-3H3,(H,18,22). The molecule has 2 aromatic heterocycles. The van der Waals surface area contributed by atoms with Gasteiger partial charge in [-0.3, -0.25) is 9.20 Å². The van der Waals surface area contributed by atoms with Gasteiger partial charge in [0, 0.05) is 18.5 Å². The molecule has 0 saturated heterocycles. The summed E-state index contributed by atoms with van der Waals surface area (Å²) in [6.07, 6.45) is 4.26. The number of fused-ring (bicyclic) bond motifs is 1. The summed E-state index contributed by atoms with van der Waals surface area (Å²) in [6, 6.07) is 3.71. The van der Waals surface area contributed by atoms with Gasteiger partial charge in [0.05, 0.1) is 17.9 Å². The van der Waals surface area contributed by atoms with Crippen LogP contribution in [0.1, 0.15) is 51.8 Å². The largest absolute Gasteiger partial charge is 0.497 e. The van der Waals surface area contributed by atoms with Crippen LogP contribution in [-0.4, -0.2) is 27.1 Å². The molecule has 0 aromatic carbocycles. The van der Waals surface area contributed by atoms with E-state index in [0.717, 1.165) is 47.8 Å². The smallest absolute Gasteiger partial charge is 0.255 e. The Morgan fingerprint density at radius 3 is 2.96 bits per heavy atom. The number of amides is 1. The van der Waals surface area contributed by atoms with Crippen LogP contribution >= 0.6 is 0 Å². The van der Waals surface area contributed by atoms with Gasteiger partial charge in [0.25, 0.3) is 5.91 Å². The number of hydrogen-bond acceptors (Lipinski definition) is 4. The second kappa shape index (κ2) is 6.40. The Morgan fingerprint density at radius 1 is 1.39 bits per heavy atom. The Labute approximate surface area is 135 Å². The van der Waals surface area contributed by atoms with Crippen molar-refractivity contribution in [2.24, 2.45) is 0 Å². The van der Waals surface area contributed by atoms with Crippen molar-refractivity contribution in [3.05, 3.63) is 35.5 Å². The van der Waals surface area contributed by atoms with E-state index in [0.29, 0.717) is 6.61 Å². The molecule has 0 atom stereocenters. The number of hydrogen-bond donors (Lipinski definition) is 1. The summed E-state index contributed by atoms with van der Waals surface area (Å²) < 4.78 is 7.52. The Morgan fingerprint density at radius 2 is 2.22 bits per heavy atom. The molecule has 6 heteroatoms. The van der Waals surface area contributed by atoms with Crippen LogP contribution in [0, 0.1) is 0 Å². The molecule has 3 rings (SSSR count). The highest BCUT2D eigenvalue weighted by Crippen LogP contribution is 2.23. The molecular weight excluding hydrogens is 292 g/mol. The number of rotatable bonds is 4. The van der Waals surface area contributed by atoms with Crippen LogP contribution in [0.4, 0.5) is 5.69 Å². The number of aromatic nitrogens is 3. The number of nitrogens with zero attached hydrogens (tertiary/aromatic N) is 3. The zero-order valence-corrected chi connectivity index (χ0v) is 13.8.